The summed E-state index contributed by atoms with van der Waals surface area (Å²) in [6.45, 7) is 7.58. The molecule has 94 valence electrons. The topological polar surface area (TPSA) is 35.5 Å². The number of nitrogens with one attached hydrogen (secondary N) is 1. The van der Waals surface area contributed by atoms with Crippen molar-refractivity contribution in [3.63, 3.8) is 0 Å². The number of para-hydroxylation sites is 1. The molecule has 1 heterocycles. The fraction of sp³-hybridized carbons (Fsp3) is 0.571. The van der Waals surface area contributed by atoms with Gasteiger partial charge in [0.25, 0.3) is 0 Å². The molecular weight excluding hydrogens is 212 g/mol. The van der Waals surface area contributed by atoms with Gasteiger partial charge in [0.1, 0.15) is 0 Å². The number of hydrogen-bond acceptors (Lipinski definition) is 3. The summed E-state index contributed by atoms with van der Waals surface area (Å²) in [7, 11) is 0. The van der Waals surface area contributed by atoms with Crippen LogP contribution in [0.25, 0.3) is 0 Å². The molecule has 1 aliphatic heterocycles. The third-order valence-electron chi connectivity index (χ3n) is 3.35. The lowest BCUT2D eigenvalue weighted by Crippen LogP contribution is -2.30. The molecule has 1 aliphatic rings. The maximum atomic E-state index is 10.0. The Labute approximate surface area is 103 Å². The first-order chi connectivity index (χ1) is 8.12. The molecule has 0 aliphatic carbocycles. The van der Waals surface area contributed by atoms with E-state index >= 15 is 0 Å². The Morgan fingerprint density at radius 1 is 1.41 bits per heavy atom. The molecule has 1 aromatic rings. The van der Waals surface area contributed by atoms with E-state index < -0.39 is 5.60 Å². The molecule has 1 atom stereocenters. The van der Waals surface area contributed by atoms with Gasteiger partial charge >= 0.3 is 0 Å². The van der Waals surface area contributed by atoms with Crippen molar-refractivity contribution in [3.8, 4) is 0 Å². The third kappa shape index (κ3) is 2.99. The number of nitrogens with zero attached hydrogens (tertiary/aromatic N) is 1. The van der Waals surface area contributed by atoms with Gasteiger partial charge in [0, 0.05) is 25.3 Å². The Bertz CT molecular complexity index is 376. The van der Waals surface area contributed by atoms with Gasteiger partial charge in [-0.3, -0.25) is 0 Å². The number of aliphatic hydroxyl groups is 1. The Morgan fingerprint density at radius 2 is 2.18 bits per heavy atom. The molecule has 0 saturated carbocycles. The van der Waals surface area contributed by atoms with Gasteiger partial charge < -0.3 is 15.3 Å². The quantitative estimate of drug-likeness (QED) is 0.833. The largest absolute Gasteiger partial charge is 0.388 e. The van der Waals surface area contributed by atoms with Crippen LogP contribution in [0.1, 0.15) is 25.8 Å². The zero-order valence-electron chi connectivity index (χ0n) is 10.7. The summed E-state index contributed by atoms with van der Waals surface area (Å²) in [6, 6.07) is 8.45. The van der Waals surface area contributed by atoms with Gasteiger partial charge in [-0.05, 0) is 31.5 Å². The zero-order chi connectivity index (χ0) is 12.3. The predicted molar refractivity (Wildman–Crippen MR) is 71.3 cm³/mol. The Morgan fingerprint density at radius 3 is 2.82 bits per heavy atom. The number of benzene rings is 1. The number of rotatable bonds is 4. The van der Waals surface area contributed by atoms with E-state index in [-0.39, 0.29) is 0 Å². The average molecular weight is 234 g/mol. The molecule has 1 unspecified atom stereocenters. The summed E-state index contributed by atoms with van der Waals surface area (Å²) >= 11 is 0. The molecule has 0 spiro atoms. The summed E-state index contributed by atoms with van der Waals surface area (Å²) in [5.41, 5.74) is 2.03. The fourth-order valence-electron chi connectivity index (χ4n) is 2.38. The van der Waals surface area contributed by atoms with Crippen LogP contribution in [0.5, 0.6) is 0 Å². The molecule has 2 N–H and O–H groups in total. The van der Waals surface area contributed by atoms with Gasteiger partial charge in [0.15, 0.2) is 0 Å². The molecule has 3 heteroatoms. The minimum Gasteiger partial charge on any atom is -0.388 e. The van der Waals surface area contributed by atoms with Gasteiger partial charge in [0.2, 0.25) is 0 Å². The van der Waals surface area contributed by atoms with Crippen molar-refractivity contribution in [2.45, 2.75) is 32.4 Å². The molecule has 1 aromatic carbocycles. The van der Waals surface area contributed by atoms with E-state index in [0.29, 0.717) is 0 Å². The van der Waals surface area contributed by atoms with E-state index in [2.05, 4.69) is 41.4 Å². The van der Waals surface area contributed by atoms with Crippen molar-refractivity contribution >= 4 is 5.69 Å². The van der Waals surface area contributed by atoms with Crippen LogP contribution in [0.2, 0.25) is 0 Å². The molecule has 0 radical (unpaired) electrons. The van der Waals surface area contributed by atoms with Gasteiger partial charge in [-0.25, -0.2) is 0 Å². The van der Waals surface area contributed by atoms with Crippen LogP contribution in [-0.2, 0) is 6.54 Å². The predicted octanol–water partition coefficient (Wildman–Crippen LogP) is 1.76. The molecule has 1 fully saturated rings. The van der Waals surface area contributed by atoms with E-state index in [1.807, 2.05) is 6.92 Å². The molecule has 3 nitrogen and oxygen atoms in total. The lowest BCUT2D eigenvalue weighted by atomic mass is 10.1. The smallest absolute Gasteiger partial charge is 0.0810 e. The van der Waals surface area contributed by atoms with Crippen LogP contribution in [-0.4, -0.2) is 30.3 Å². The first-order valence-electron chi connectivity index (χ1n) is 6.38. The van der Waals surface area contributed by atoms with Crippen LogP contribution in [0.15, 0.2) is 24.3 Å². The number of anilines is 1. The van der Waals surface area contributed by atoms with Crippen molar-refractivity contribution in [2.24, 2.45) is 0 Å². The first-order valence-corrected chi connectivity index (χ1v) is 6.38. The summed E-state index contributed by atoms with van der Waals surface area (Å²) in [5, 5.41) is 13.4. The maximum Gasteiger partial charge on any atom is 0.0810 e. The fourth-order valence-corrected chi connectivity index (χ4v) is 2.38. The number of hydrogen-bond donors (Lipinski definition) is 2. The highest BCUT2D eigenvalue weighted by molar-refractivity contribution is 5.54. The molecule has 2 rings (SSSR count). The standard InChI is InChI=1S/C14H22N2O/c1-3-15-10-12-6-4-5-7-13(12)16-9-8-14(2,17)11-16/h4-7,15,17H,3,8-11H2,1-2H3. The molecular formula is C14H22N2O. The molecule has 1 saturated heterocycles. The van der Waals surface area contributed by atoms with Crippen molar-refractivity contribution in [1.29, 1.82) is 0 Å². The van der Waals surface area contributed by atoms with Gasteiger partial charge in [-0.1, -0.05) is 25.1 Å². The normalized spacial score (nSPS) is 24.3. The highest BCUT2D eigenvalue weighted by Gasteiger charge is 2.31. The summed E-state index contributed by atoms with van der Waals surface area (Å²) in [4.78, 5) is 2.28. The molecule has 0 bridgehead atoms. The maximum absolute atomic E-state index is 10.0. The summed E-state index contributed by atoms with van der Waals surface area (Å²) < 4.78 is 0. The SMILES string of the molecule is CCNCc1ccccc1N1CCC(C)(O)C1. The first kappa shape index (κ1) is 12.4. The van der Waals surface area contributed by atoms with Crippen molar-refractivity contribution in [1.82, 2.24) is 5.32 Å². The Balaban J connectivity index is 2.15. The van der Waals surface area contributed by atoms with Gasteiger partial charge in [0.05, 0.1) is 5.60 Å². The lowest BCUT2D eigenvalue weighted by Gasteiger charge is -2.23. The van der Waals surface area contributed by atoms with Crippen LogP contribution in [0, 0.1) is 0 Å². The molecule has 17 heavy (non-hydrogen) atoms. The second-order valence-corrected chi connectivity index (χ2v) is 5.08. The van der Waals surface area contributed by atoms with Crippen molar-refractivity contribution in [3.05, 3.63) is 29.8 Å². The highest BCUT2D eigenvalue weighted by Crippen LogP contribution is 2.28. The minimum absolute atomic E-state index is 0.536. The van der Waals surface area contributed by atoms with Gasteiger partial charge in [-0.2, -0.15) is 0 Å². The second kappa shape index (κ2) is 5.07. The molecule has 0 amide bonds. The van der Waals surface area contributed by atoms with E-state index in [0.717, 1.165) is 32.6 Å². The Kier molecular flexibility index (Phi) is 3.69. The van der Waals surface area contributed by atoms with E-state index in [4.69, 9.17) is 0 Å². The summed E-state index contributed by atoms with van der Waals surface area (Å²) in [6.07, 6.45) is 0.850. The minimum atomic E-state index is -0.536. The Hall–Kier alpha value is -1.06. The molecule has 0 aromatic heterocycles. The average Bonchev–Trinajstić information content (AvgIpc) is 2.67. The van der Waals surface area contributed by atoms with Crippen molar-refractivity contribution < 1.29 is 5.11 Å². The second-order valence-electron chi connectivity index (χ2n) is 5.08. The summed E-state index contributed by atoms with van der Waals surface area (Å²) in [5.74, 6) is 0. The van der Waals surface area contributed by atoms with E-state index in [9.17, 15) is 5.11 Å². The van der Waals surface area contributed by atoms with Crippen LogP contribution >= 0.6 is 0 Å². The highest BCUT2D eigenvalue weighted by atomic mass is 16.3. The zero-order valence-corrected chi connectivity index (χ0v) is 10.7. The van der Waals surface area contributed by atoms with E-state index in [1.54, 1.807) is 0 Å². The van der Waals surface area contributed by atoms with Crippen LogP contribution < -0.4 is 10.2 Å². The van der Waals surface area contributed by atoms with Crippen LogP contribution in [0.3, 0.4) is 0 Å². The van der Waals surface area contributed by atoms with E-state index in [1.165, 1.54) is 11.3 Å². The van der Waals surface area contributed by atoms with Crippen LogP contribution in [0.4, 0.5) is 5.69 Å². The lowest BCUT2D eigenvalue weighted by molar-refractivity contribution is 0.0839. The van der Waals surface area contributed by atoms with Gasteiger partial charge in [-0.15, -0.1) is 0 Å². The number of β-amino-alcohol motifs (C(OH)–C–C–N with tert-alkyl or cyclic N) is 1. The van der Waals surface area contributed by atoms with Crippen molar-refractivity contribution in [2.75, 3.05) is 24.5 Å². The third-order valence-corrected chi connectivity index (χ3v) is 3.35. The monoisotopic (exact) mass is 234 g/mol.